The summed E-state index contributed by atoms with van der Waals surface area (Å²) in [6.07, 6.45) is 4.17. The molecule has 0 aromatic heterocycles. The molecule has 2 aromatic rings. The molecule has 4 rings (SSSR count). The number of amides is 3. The molecule has 1 N–H and O–H groups in total. The number of hydrogen-bond donors (Lipinski definition) is 1. The first-order valence-electron chi connectivity index (χ1n) is 12.2. The van der Waals surface area contributed by atoms with Crippen LogP contribution in [0.15, 0.2) is 48.5 Å². The molecule has 33 heavy (non-hydrogen) atoms. The highest BCUT2D eigenvalue weighted by Gasteiger charge is 2.34. The second kappa shape index (κ2) is 10.7. The van der Waals surface area contributed by atoms with Crippen molar-refractivity contribution in [2.45, 2.75) is 52.1 Å². The van der Waals surface area contributed by atoms with E-state index in [-0.39, 0.29) is 24.0 Å². The smallest absolute Gasteiger partial charge is 0.324 e. The van der Waals surface area contributed by atoms with Crippen LogP contribution in [-0.4, -0.2) is 49.1 Å². The van der Waals surface area contributed by atoms with Gasteiger partial charge in [-0.15, -0.1) is 0 Å². The van der Waals surface area contributed by atoms with Crippen molar-refractivity contribution in [2.24, 2.45) is 5.92 Å². The lowest BCUT2D eigenvalue weighted by Gasteiger charge is -2.39. The summed E-state index contributed by atoms with van der Waals surface area (Å²) < 4.78 is 6.06. The molecule has 1 saturated heterocycles. The van der Waals surface area contributed by atoms with Crippen molar-refractivity contribution in [3.63, 3.8) is 0 Å². The molecule has 176 valence electrons. The topological polar surface area (TPSA) is 61.9 Å². The number of benzene rings is 2. The van der Waals surface area contributed by atoms with Crippen LogP contribution in [0.4, 0.5) is 10.5 Å². The molecular formula is C27H35N3O3. The van der Waals surface area contributed by atoms with Crippen LogP contribution >= 0.6 is 0 Å². The summed E-state index contributed by atoms with van der Waals surface area (Å²) in [4.78, 5) is 29.8. The van der Waals surface area contributed by atoms with Gasteiger partial charge in [0.2, 0.25) is 5.91 Å². The average Bonchev–Trinajstić information content (AvgIpc) is 2.86. The van der Waals surface area contributed by atoms with Crippen molar-refractivity contribution in [2.75, 3.05) is 31.1 Å². The molecule has 2 aromatic carbocycles. The minimum Gasteiger partial charge on any atom is -0.486 e. The zero-order chi connectivity index (χ0) is 23.2. The maximum atomic E-state index is 13.4. The Morgan fingerprint density at radius 2 is 1.85 bits per heavy atom. The Labute approximate surface area is 196 Å². The third-order valence-electron chi connectivity index (χ3n) is 6.69. The Balaban J connectivity index is 1.27. The highest BCUT2D eigenvalue weighted by molar-refractivity contribution is 5.94. The van der Waals surface area contributed by atoms with Gasteiger partial charge in [0.05, 0.1) is 12.2 Å². The number of rotatable bonds is 6. The number of carbonyl (C=O) groups is 2. The SMILES string of the molecule is CC[C@@H]1CN(C(=O)N2CCC(C(=O)NCCCc3ccccc3)CC2)c2cc(C)ccc2O1. The van der Waals surface area contributed by atoms with Crippen LogP contribution in [0.5, 0.6) is 5.75 Å². The van der Waals surface area contributed by atoms with Crippen LogP contribution in [0.25, 0.3) is 0 Å². The zero-order valence-electron chi connectivity index (χ0n) is 19.8. The second-order valence-corrected chi connectivity index (χ2v) is 9.15. The lowest BCUT2D eigenvalue weighted by atomic mass is 9.96. The maximum Gasteiger partial charge on any atom is 0.324 e. The van der Waals surface area contributed by atoms with Crippen molar-refractivity contribution >= 4 is 17.6 Å². The van der Waals surface area contributed by atoms with Crippen LogP contribution < -0.4 is 15.0 Å². The number of nitrogens with one attached hydrogen (secondary N) is 1. The van der Waals surface area contributed by atoms with E-state index in [0.29, 0.717) is 39.0 Å². The summed E-state index contributed by atoms with van der Waals surface area (Å²) in [6.45, 7) is 6.57. The van der Waals surface area contributed by atoms with Gasteiger partial charge in [0.1, 0.15) is 11.9 Å². The Hall–Kier alpha value is -3.02. The Kier molecular flexibility index (Phi) is 7.53. The van der Waals surface area contributed by atoms with Gasteiger partial charge in [-0.2, -0.15) is 0 Å². The van der Waals surface area contributed by atoms with Crippen molar-refractivity contribution in [3.05, 3.63) is 59.7 Å². The fourth-order valence-electron chi connectivity index (χ4n) is 4.65. The number of anilines is 1. The van der Waals surface area contributed by atoms with E-state index in [9.17, 15) is 9.59 Å². The van der Waals surface area contributed by atoms with E-state index < -0.39 is 0 Å². The summed E-state index contributed by atoms with van der Waals surface area (Å²) in [5.41, 5.74) is 3.25. The van der Waals surface area contributed by atoms with Gasteiger partial charge in [0, 0.05) is 25.6 Å². The summed E-state index contributed by atoms with van der Waals surface area (Å²) in [5.74, 6) is 0.874. The van der Waals surface area contributed by atoms with Crippen molar-refractivity contribution in [1.82, 2.24) is 10.2 Å². The van der Waals surface area contributed by atoms with E-state index in [0.717, 1.165) is 36.3 Å². The number of nitrogens with zero attached hydrogens (tertiary/aromatic N) is 2. The number of ether oxygens (including phenoxy) is 1. The highest BCUT2D eigenvalue weighted by atomic mass is 16.5. The van der Waals surface area contributed by atoms with Gasteiger partial charge in [0.25, 0.3) is 0 Å². The van der Waals surface area contributed by atoms with Gasteiger partial charge < -0.3 is 15.0 Å². The number of urea groups is 1. The third kappa shape index (κ3) is 5.67. The van der Waals surface area contributed by atoms with Crippen LogP contribution in [0.2, 0.25) is 0 Å². The van der Waals surface area contributed by atoms with Gasteiger partial charge in [-0.1, -0.05) is 43.3 Å². The number of likely N-dealkylation sites (tertiary alicyclic amines) is 1. The molecule has 1 fully saturated rings. The molecule has 0 unspecified atom stereocenters. The molecule has 0 bridgehead atoms. The number of carbonyl (C=O) groups excluding carboxylic acids is 2. The monoisotopic (exact) mass is 449 g/mol. The Morgan fingerprint density at radius 3 is 2.58 bits per heavy atom. The number of piperidine rings is 1. The van der Waals surface area contributed by atoms with Crippen LogP contribution in [-0.2, 0) is 11.2 Å². The fourth-order valence-corrected chi connectivity index (χ4v) is 4.65. The first kappa shape index (κ1) is 23.1. The average molecular weight is 450 g/mol. The van der Waals surface area contributed by atoms with Crippen LogP contribution in [0.1, 0.15) is 43.7 Å². The number of fused-ring (bicyclic) bond motifs is 1. The Morgan fingerprint density at radius 1 is 1.09 bits per heavy atom. The molecule has 0 aliphatic carbocycles. The summed E-state index contributed by atoms with van der Waals surface area (Å²) >= 11 is 0. The van der Waals surface area contributed by atoms with E-state index >= 15 is 0 Å². The van der Waals surface area contributed by atoms with Crippen molar-refractivity contribution < 1.29 is 14.3 Å². The van der Waals surface area contributed by atoms with E-state index in [1.165, 1.54) is 5.56 Å². The first-order chi connectivity index (χ1) is 16.0. The number of aryl methyl sites for hydroxylation is 2. The summed E-state index contributed by atoms with van der Waals surface area (Å²) in [5, 5.41) is 3.09. The van der Waals surface area contributed by atoms with E-state index in [4.69, 9.17) is 4.74 Å². The quantitative estimate of drug-likeness (QED) is 0.658. The van der Waals surface area contributed by atoms with Crippen molar-refractivity contribution in [1.29, 1.82) is 0 Å². The van der Waals surface area contributed by atoms with E-state index in [1.807, 2.05) is 53.1 Å². The predicted octanol–water partition coefficient (Wildman–Crippen LogP) is 4.55. The third-order valence-corrected chi connectivity index (χ3v) is 6.69. The maximum absolute atomic E-state index is 13.4. The zero-order valence-corrected chi connectivity index (χ0v) is 19.8. The lowest BCUT2D eigenvalue weighted by molar-refractivity contribution is -0.126. The molecule has 2 aliphatic heterocycles. The van der Waals surface area contributed by atoms with Crippen molar-refractivity contribution in [3.8, 4) is 5.75 Å². The number of hydrogen-bond acceptors (Lipinski definition) is 3. The molecule has 1 atom stereocenters. The van der Waals surface area contributed by atoms with Gasteiger partial charge in [0.15, 0.2) is 0 Å². The first-order valence-corrected chi connectivity index (χ1v) is 12.2. The molecule has 0 saturated carbocycles. The molecule has 0 radical (unpaired) electrons. The molecule has 6 nitrogen and oxygen atoms in total. The lowest BCUT2D eigenvalue weighted by Crippen LogP contribution is -2.52. The fraction of sp³-hybridized carbons (Fsp3) is 0.481. The largest absolute Gasteiger partial charge is 0.486 e. The molecular weight excluding hydrogens is 414 g/mol. The Bertz CT molecular complexity index is 954. The minimum absolute atomic E-state index is 0.00311. The molecule has 2 aliphatic rings. The summed E-state index contributed by atoms with van der Waals surface area (Å²) in [7, 11) is 0. The van der Waals surface area contributed by atoms with Gasteiger partial charge >= 0.3 is 6.03 Å². The van der Waals surface area contributed by atoms with Gasteiger partial charge in [-0.05, 0) is 62.3 Å². The van der Waals surface area contributed by atoms with Crippen LogP contribution in [0, 0.1) is 12.8 Å². The molecule has 6 heteroatoms. The van der Waals surface area contributed by atoms with Gasteiger partial charge in [-0.3, -0.25) is 9.69 Å². The van der Waals surface area contributed by atoms with E-state index in [2.05, 4.69) is 24.4 Å². The molecule has 2 heterocycles. The van der Waals surface area contributed by atoms with Gasteiger partial charge in [-0.25, -0.2) is 4.79 Å². The normalized spacial score (nSPS) is 18.4. The summed E-state index contributed by atoms with van der Waals surface area (Å²) in [6, 6.07) is 16.4. The molecule has 3 amide bonds. The highest BCUT2D eigenvalue weighted by Crippen LogP contribution is 2.36. The van der Waals surface area contributed by atoms with Crippen LogP contribution in [0.3, 0.4) is 0 Å². The minimum atomic E-state index is -0.0200. The predicted molar refractivity (Wildman–Crippen MR) is 131 cm³/mol. The standard InChI is InChI=1S/C27H35N3O3/c1-3-23-19-30(24-18-20(2)11-12-25(24)33-23)27(32)29-16-13-22(14-17-29)26(31)28-15-7-10-21-8-5-4-6-9-21/h4-6,8-9,11-12,18,22-23H,3,7,10,13-17,19H2,1-2H3,(H,28,31)/t23-/m1/s1. The van der Waals surface area contributed by atoms with E-state index in [1.54, 1.807) is 0 Å². The second-order valence-electron chi connectivity index (χ2n) is 9.15. The molecule has 0 spiro atoms.